The van der Waals surface area contributed by atoms with Gasteiger partial charge < -0.3 is 15.0 Å². The van der Waals surface area contributed by atoms with Crippen LogP contribution in [-0.4, -0.2) is 63.8 Å². The van der Waals surface area contributed by atoms with E-state index in [1.165, 1.54) is 17.4 Å². The smallest absolute Gasteiger partial charge is 0.265 e. The third-order valence-electron chi connectivity index (χ3n) is 6.08. The molecule has 0 unspecified atom stereocenters. The van der Waals surface area contributed by atoms with Gasteiger partial charge in [0.1, 0.15) is 27.2 Å². The predicted octanol–water partition coefficient (Wildman–Crippen LogP) is 3.14. The molecule has 1 aliphatic heterocycles. The lowest BCUT2D eigenvalue weighted by Crippen LogP contribution is -2.42. The van der Waals surface area contributed by atoms with E-state index in [0.29, 0.717) is 59.9 Å². The molecule has 4 heterocycles. The second-order valence-electron chi connectivity index (χ2n) is 8.06. The van der Waals surface area contributed by atoms with Crippen LogP contribution in [0.1, 0.15) is 34.6 Å². The first-order chi connectivity index (χ1) is 15.6. The van der Waals surface area contributed by atoms with E-state index in [-0.39, 0.29) is 17.1 Å². The van der Waals surface area contributed by atoms with Crippen LogP contribution in [0.15, 0.2) is 36.7 Å². The molecule has 8 nitrogen and oxygen atoms in total. The zero-order chi connectivity index (χ0) is 22.0. The molecule has 0 bridgehead atoms. The fourth-order valence-electron chi connectivity index (χ4n) is 4.09. The lowest BCUT2D eigenvalue weighted by Gasteiger charge is -2.41. The normalized spacial score (nSPS) is 17.6. The lowest BCUT2D eigenvalue weighted by atomic mass is 9.66. The van der Waals surface area contributed by atoms with Gasteiger partial charge in [0.25, 0.3) is 5.91 Å². The number of aromatic nitrogens is 4. The third kappa shape index (κ3) is 4.07. The summed E-state index contributed by atoms with van der Waals surface area (Å²) in [6.45, 7) is 2.86. The SMILES string of the molecule is O=C(c1cnc(-c2ccc(NCC3(c4ncccc4F)CCC3)nn2)s1)N1CCOCC1. The van der Waals surface area contributed by atoms with Gasteiger partial charge in [0, 0.05) is 31.2 Å². The van der Waals surface area contributed by atoms with Gasteiger partial charge in [-0.1, -0.05) is 6.42 Å². The molecule has 3 aromatic rings. The molecule has 32 heavy (non-hydrogen) atoms. The Balaban J connectivity index is 1.24. The highest BCUT2D eigenvalue weighted by Gasteiger charge is 2.41. The summed E-state index contributed by atoms with van der Waals surface area (Å²) >= 11 is 1.31. The highest BCUT2D eigenvalue weighted by atomic mass is 32.1. The minimum absolute atomic E-state index is 0.0316. The molecule has 1 saturated carbocycles. The van der Waals surface area contributed by atoms with Gasteiger partial charge in [-0.2, -0.15) is 0 Å². The van der Waals surface area contributed by atoms with Crippen molar-refractivity contribution in [2.24, 2.45) is 0 Å². The van der Waals surface area contributed by atoms with E-state index < -0.39 is 0 Å². The number of ether oxygens (including phenoxy) is 1. The van der Waals surface area contributed by atoms with E-state index in [2.05, 4.69) is 25.5 Å². The summed E-state index contributed by atoms with van der Waals surface area (Å²) in [5, 5.41) is 12.5. The minimum Gasteiger partial charge on any atom is -0.378 e. The Morgan fingerprint density at radius 1 is 1.19 bits per heavy atom. The molecule has 1 N–H and O–H groups in total. The summed E-state index contributed by atoms with van der Waals surface area (Å²) in [5.74, 6) is 0.315. The molecular weight excluding hydrogens is 431 g/mol. The predicted molar refractivity (Wildman–Crippen MR) is 118 cm³/mol. The van der Waals surface area contributed by atoms with Crippen LogP contribution < -0.4 is 5.32 Å². The largest absolute Gasteiger partial charge is 0.378 e. The highest BCUT2D eigenvalue weighted by Crippen LogP contribution is 2.43. The zero-order valence-electron chi connectivity index (χ0n) is 17.5. The maximum absolute atomic E-state index is 14.3. The number of amides is 1. The fraction of sp³-hybridized carbons (Fsp3) is 0.409. The van der Waals surface area contributed by atoms with E-state index in [4.69, 9.17) is 4.74 Å². The number of morpholine rings is 1. The number of nitrogens with one attached hydrogen (secondary N) is 1. The van der Waals surface area contributed by atoms with Crippen molar-refractivity contribution < 1.29 is 13.9 Å². The van der Waals surface area contributed by atoms with Crippen molar-refractivity contribution in [1.82, 2.24) is 25.1 Å². The molecule has 0 aromatic carbocycles. The Bertz CT molecular complexity index is 1100. The monoisotopic (exact) mass is 454 g/mol. The molecule has 2 fully saturated rings. The number of hydrogen-bond acceptors (Lipinski definition) is 8. The maximum atomic E-state index is 14.3. The summed E-state index contributed by atoms with van der Waals surface area (Å²) in [6, 6.07) is 6.73. The first kappa shape index (κ1) is 20.9. The Morgan fingerprint density at radius 2 is 2.03 bits per heavy atom. The third-order valence-corrected chi connectivity index (χ3v) is 7.09. The maximum Gasteiger partial charge on any atom is 0.265 e. The molecule has 1 saturated heterocycles. The fourth-order valence-corrected chi connectivity index (χ4v) is 4.94. The number of carbonyl (C=O) groups is 1. The molecule has 0 spiro atoms. The van der Waals surface area contributed by atoms with E-state index in [1.807, 2.05) is 12.1 Å². The summed E-state index contributed by atoms with van der Waals surface area (Å²) in [7, 11) is 0. The molecular formula is C22H23FN6O2S. The van der Waals surface area contributed by atoms with E-state index in [9.17, 15) is 9.18 Å². The Labute approximate surface area is 188 Å². The molecule has 0 radical (unpaired) electrons. The lowest BCUT2D eigenvalue weighted by molar-refractivity contribution is 0.0306. The van der Waals surface area contributed by atoms with E-state index in [0.717, 1.165) is 19.3 Å². The Kier molecular flexibility index (Phi) is 5.79. The van der Waals surface area contributed by atoms with Crippen molar-refractivity contribution in [2.45, 2.75) is 24.7 Å². The number of nitrogens with zero attached hydrogens (tertiary/aromatic N) is 5. The standard InChI is InChI=1S/C22H23FN6O2S/c23-15-3-1-8-24-19(15)22(6-2-7-22)14-26-18-5-4-16(27-28-18)20-25-13-17(32-20)21(30)29-9-11-31-12-10-29/h1,3-5,8,13H,2,6-7,9-12,14H2,(H,26,28). The summed E-state index contributed by atoms with van der Waals surface area (Å²) < 4.78 is 19.6. The average molecular weight is 455 g/mol. The number of pyridine rings is 1. The van der Waals surface area contributed by atoms with E-state index >= 15 is 0 Å². The summed E-state index contributed by atoms with van der Waals surface area (Å²) in [4.78, 5) is 23.6. The van der Waals surface area contributed by atoms with Gasteiger partial charge in [-0.05, 0) is 37.1 Å². The van der Waals surface area contributed by atoms with Crippen LogP contribution in [0, 0.1) is 5.82 Å². The topological polar surface area (TPSA) is 93.1 Å². The van der Waals surface area contributed by atoms with Crippen LogP contribution in [0.2, 0.25) is 0 Å². The first-order valence-corrected chi connectivity index (χ1v) is 11.5. The van der Waals surface area contributed by atoms with Crippen LogP contribution in [0.4, 0.5) is 10.2 Å². The first-order valence-electron chi connectivity index (χ1n) is 10.7. The van der Waals surface area contributed by atoms with Crippen LogP contribution in [0.3, 0.4) is 0 Å². The molecule has 166 valence electrons. The summed E-state index contributed by atoms with van der Waals surface area (Å²) in [5.41, 5.74) is 0.815. The molecule has 3 aromatic heterocycles. The molecule has 1 amide bonds. The van der Waals surface area contributed by atoms with Gasteiger partial charge in [-0.15, -0.1) is 21.5 Å². The van der Waals surface area contributed by atoms with Crippen molar-refractivity contribution in [3.8, 4) is 10.7 Å². The number of halogens is 1. The highest BCUT2D eigenvalue weighted by molar-refractivity contribution is 7.16. The second kappa shape index (κ2) is 8.87. The molecule has 5 rings (SSSR count). The molecule has 10 heteroatoms. The molecule has 0 atom stereocenters. The Morgan fingerprint density at radius 3 is 2.72 bits per heavy atom. The van der Waals surface area contributed by atoms with Gasteiger partial charge in [-0.25, -0.2) is 9.37 Å². The number of carbonyl (C=O) groups excluding carboxylic acids is 1. The van der Waals surface area contributed by atoms with Crippen molar-refractivity contribution in [2.75, 3.05) is 38.2 Å². The minimum atomic E-state index is -0.310. The van der Waals surface area contributed by atoms with E-state index in [1.54, 1.807) is 23.4 Å². The van der Waals surface area contributed by atoms with Gasteiger partial charge in [0.15, 0.2) is 0 Å². The van der Waals surface area contributed by atoms with Gasteiger partial charge in [-0.3, -0.25) is 9.78 Å². The number of anilines is 1. The van der Waals surface area contributed by atoms with Crippen LogP contribution in [-0.2, 0) is 10.2 Å². The van der Waals surface area contributed by atoms with Gasteiger partial charge >= 0.3 is 0 Å². The number of hydrogen-bond donors (Lipinski definition) is 1. The molecule has 2 aliphatic rings. The average Bonchev–Trinajstić information content (AvgIpc) is 3.30. The van der Waals surface area contributed by atoms with Gasteiger partial charge in [0.05, 0.1) is 25.1 Å². The molecule has 1 aliphatic carbocycles. The van der Waals surface area contributed by atoms with Gasteiger partial charge in [0.2, 0.25) is 0 Å². The second-order valence-corrected chi connectivity index (χ2v) is 9.09. The quantitative estimate of drug-likeness (QED) is 0.612. The Hall–Kier alpha value is -2.98. The van der Waals surface area contributed by atoms with Crippen molar-refractivity contribution >= 4 is 23.1 Å². The van der Waals surface area contributed by atoms with Crippen LogP contribution >= 0.6 is 11.3 Å². The van der Waals surface area contributed by atoms with Crippen LogP contribution in [0.25, 0.3) is 10.7 Å². The number of rotatable bonds is 6. The zero-order valence-corrected chi connectivity index (χ0v) is 18.3. The number of thiazole rings is 1. The summed E-state index contributed by atoms with van der Waals surface area (Å²) in [6.07, 6.45) is 6.06. The van der Waals surface area contributed by atoms with Crippen molar-refractivity contribution in [3.63, 3.8) is 0 Å². The van der Waals surface area contributed by atoms with Crippen LogP contribution in [0.5, 0.6) is 0 Å². The van der Waals surface area contributed by atoms with Crippen molar-refractivity contribution in [1.29, 1.82) is 0 Å². The van der Waals surface area contributed by atoms with Crippen molar-refractivity contribution in [3.05, 3.63) is 53.0 Å².